The van der Waals surface area contributed by atoms with Gasteiger partial charge in [0.15, 0.2) is 0 Å². The molecule has 1 amide bonds. The lowest BCUT2D eigenvalue weighted by atomic mass is 10.0. The lowest BCUT2D eigenvalue weighted by Crippen LogP contribution is -2.40. The van der Waals surface area contributed by atoms with Crippen molar-refractivity contribution in [3.63, 3.8) is 0 Å². The number of carbonyl (C=O) groups is 1. The van der Waals surface area contributed by atoms with Gasteiger partial charge in [0.1, 0.15) is 12.4 Å². The number of hydrogen-bond donors (Lipinski definition) is 1. The van der Waals surface area contributed by atoms with Crippen LogP contribution in [0.5, 0.6) is 0 Å². The summed E-state index contributed by atoms with van der Waals surface area (Å²) in [5, 5.41) is 2.78. The first kappa shape index (κ1) is 19.1. The van der Waals surface area contributed by atoms with E-state index in [9.17, 15) is 17.6 Å². The molecule has 0 atom stereocenters. The molecule has 0 spiro atoms. The minimum Gasteiger partial charge on any atom is -0.324 e. The Morgan fingerprint density at radius 1 is 1.00 bits per heavy atom. The average molecular weight is 410 g/mol. The molecule has 4 rings (SSSR count). The molecule has 0 fully saturated rings. The number of carbonyl (C=O) groups excluding carboxylic acids is 1. The fraction of sp³-hybridized carbons (Fsp3) is 0.136. The first-order chi connectivity index (χ1) is 13.8. The van der Waals surface area contributed by atoms with Gasteiger partial charge in [-0.25, -0.2) is 12.8 Å². The SMILES string of the molecule is Cc1cccc(NC(=O)CN2c3ccc(F)cc3-c3ccccc3S2(=O)=O)c1C. The Morgan fingerprint density at radius 3 is 2.55 bits per heavy atom. The van der Waals surface area contributed by atoms with Gasteiger partial charge >= 0.3 is 0 Å². The Morgan fingerprint density at radius 2 is 1.76 bits per heavy atom. The second-order valence-corrected chi connectivity index (χ2v) is 8.80. The molecule has 3 aromatic rings. The van der Waals surface area contributed by atoms with Gasteiger partial charge in [-0.2, -0.15) is 0 Å². The second kappa shape index (κ2) is 7.00. The van der Waals surface area contributed by atoms with Gasteiger partial charge in [0, 0.05) is 16.8 Å². The quantitative estimate of drug-likeness (QED) is 0.702. The number of halogens is 1. The maximum atomic E-state index is 13.9. The number of sulfonamides is 1. The first-order valence-corrected chi connectivity index (χ1v) is 10.5. The molecule has 0 saturated heterocycles. The van der Waals surface area contributed by atoms with Crippen LogP contribution in [0.15, 0.2) is 65.6 Å². The number of nitrogens with zero attached hydrogens (tertiary/aromatic N) is 1. The second-order valence-electron chi connectivity index (χ2n) is 6.96. The van der Waals surface area contributed by atoms with Crippen molar-refractivity contribution in [3.8, 4) is 11.1 Å². The lowest BCUT2D eigenvalue weighted by molar-refractivity contribution is -0.114. The van der Waals surface area contributed by atoms with Gasteiger partial charge in [0.25, 0.3) is 10.0 Å². The van der Waals surface area contributed by atoms with E-state index < -0.39 is 28.3 Å². The van der Waals surface area contributed by atoms with Crippen LogP contribution in [0, 0.1) is 19.7 Å². The zero-order valence-corrected chi connectivity index (χ0v) is 16.8. The molecule has 0 aromatic heterocycles. The van der Waals surface area contributed by atoms with E-state index in [-0.39, 0.29) is 10.6 Å². The normalized spacial score (nSPS) is 14.1. The zero-order valence-electron chi connectivity index (χ0n) is 15.9. The van der Waals surface area contributed by atoms with E-state index in [1.54, 1.807) is 24.3 Å². The Kier molecular flexibility index (Phi) is 4.62. The van der Waals surface area contributed by atoms with Crippen LogP contribution in [0.3, 0.4) is 0 Å². The summed E-state index contributed by atoms with van der Waals surface area (Å²) in [6, 6.07) is 15.8. The topological polar surface area (TPSA) is 66.5 Å². The summed E-state index contributed by atoms with van der Waals surface area (Å²) in [5.41, 5.74) is 3.70. The molecule has 29 heavy (non-hydrogen) atoms. The highest BCUT2D eigenvalue weighted by Crippen LogP contribution is 2.43. The molecule has 7 heteroatoms. The van der Waals surface area contributed by atoms with Crippen LogP contribution in [-0.4, -0.2) is 20.9 Å². The maximum Gasteiger partial charge on any atom is 0.265 e. The van der Waals surface area contributed by atoms with E-state index in [0.717, 1.165) is 15.4 Å². The number of rotatable bonds is 3. The standard InChI is InChI=1S/C22H19FN2O3S/c1-14-6-5-8-19(15(14)2)24-22(26)13-25-20-11-10-16(23)12-18(20)17-7-3-4-9-21(17)29(25,27)28/h3-12H,13H2,1-2H3,(H,24,26). The van der Waals surface area contributed by atoms with Gasteiger partial charge in [0.2, 0.25) is 5.91 Å². The van der Waals surface area contributed by atoms with Crippen molar-refractivity contribution in [1.82, 2.24) is 0 Å². The van der Waals surface area contributed by atoms with Crippen molar-refractivity contribution >= 4 is 27.3 Å². The maximum absolute atomic E-state index is 13.9. The van der Waals surface area contributed by atoms with Gasteiger partial charge in [0.05, 0.1) is 10.6 Å². The first-order valence-electron chi connectivity index (χ1n) is 9.07. The Labute approximate surface area is 168 Å². The minimum atomic E-state index is -3.96. The molecule has 1 aliphatic heterocycles. The fourth-order valence-electron chi connectivity index (χ4n) is 3.48. The van der Waals surface area contributed by atoms with Crippen molar-refractivity contribution in [2.45, 2.75) is 18.7 Å². The number of anilines is 2. The smallest absolute Gasteiger partial charge is 0.265 e. The highest BCUT2D eigenvalue weighted by atomic mass is 32.2. The zero-order chi connectivity index (χ0) is 20.8. The number of nitrogens with one attached hydrogen (secondary N) is 1. The number of amides is 1. The van der Waals surface area contributed by atoms with Gasteiger partial charge in [-0.05, 0) is 55.3 Å². The Hall–Kier alpha value is -3.19. The van der Waals surface area contributed by atoms with E-state index >= 15 is 0 Å². The predicted molar refractivity (Wildman–Crippen MR) is 111 cm³/mol. The molecule has 0 bridgehead atoms. The predicted octanol–water partition coefficient (Wildman–Crippen LogP) is 4.26. The van der Waals surface area contributed by atoms with Crippen molar-refractivity contribution in [2.75, 3.05) is 16.2 Å². The van der Waals surface area contributed by atoms with Crippen LogP contribution in [0.1, 0.15) is 11.1 Å². The molecule has 3 aromatic carbocycles. The third kappa shape index (κ3) is 3.27. The number of benzene rings is 3. The Balaban J connectivity index is 1.74. The highest BCUT2D eigenvalue weighted by molar-refractivity contribution is 7.93. The summed E-state index contributed by atoms with van der Waals surface area (Å²) < 4.78 is 41.4. The third-order valence-corrected chi connectivity index (χ3v) is 6.96. The van der Waals surface area contributed by atoms with Crippen LogP contribution in [0.25, 0.3) is 11.1 Å². The monoisotopic (exact) mass is 410 g/mol. The van der Waals surface area contributed by atoms with E-state index in [0.29, 0.717) is 16.8 Å². The van der Waals surface area contributed by atoms with E-state index in [2.05, 4.69) is 5.32 Å². The summed E-state index contributed by atoms with van der Waals surface area (Å²) >= 11 is 0. The van der Waals surface area contributed by atoms with Crippen molar-refractivity contribution in [1.29, 1.82) is 0 Å². The molecule has 148 valence electrons. The average Bonchev–Trinajstić information content (AvgIpc) is 2.69. The molecular weight excluding hydrogens is 391 g/mol. The molecule has 0 radical (unpaired) electrons. The largest absolute Gasteiger partial charge is 0.324 e. The molecule has 1 aliphatic rings. The molecule has 1 N–H and O–H groups in total. The summed E-state index contributed by atoms with van der Waals surface area (Å²) in [6.45, 7) is 3.40. The summed E-state index contributed by atoms with van der Waals surface area (Å²) in [7, 11) is -3.96. The van der Waals surface area contributed by atoms with Crippen LogP contribution in [-0.2, 0) is 14.8 Å². The van der Waals surface area contributed by atoms with E-state index in [4.69, 9.17) is 0 Å². The van der Waals surface area contributed by atoms with Crippen molar-refractivity contribution in [3.05, 3.63) is 77.6 Å². The molecular formula is C22H19FN2O3S. The van der Waals surface area contributed by atoms with Crippen molar-refractivity contribution in [2.24, 2.45) is 0 Å². The van der Waals surface area contributed by atoms with Crippen molar-refractivity contribution < 1.29 is 17.6 Å². The summed E-state index contributed by atoms with van der Waals surface area (Å²) in [6.07, 6.45) is 0. The number of aryl methyl sites for hydroxylation is 1. The van der Waals surface area contributed by atoms with Gasteiger partial charge < -0.3 is 5.32 Å². The Bertz CT molecular complexity index is 1240. The van der Waals surface area contributed by atoms with Crippen LogP contribution in [0.4, 0.5) is 15.8 Å². The molecule has 0 saturated carbocycles. The number of fused-ring (bicyclic) bond motifs is 3. The van der Waals surface area contributed by atoms with Crippen LogP contribution < -0.4 is 9.62 Å². The van der Waals surface area contributed by atoms with Gasteiger partial charge in [-0.15, -0.1) is 0 Å². The fourth-order valence-corrected chi connectivity index (χ4v) is 5.13. The molecule has 0 aliphatic carbocycles. The third-order valence-electron chi connectivity index (χ3n) is 5.14. The summed E-state index contributed by atoms with van der Waals surface area (Å²) in [4.78, 5) is 12.8. The van der Waals surface area contributed by atoms with Crippen LogP contribution in [0.2, 0.25) is 0 Å². The van der Waals surface area contributed by atoms with Gasteiger partial charge in [-0.1, -0.05) is 30.3 Å². The highest BCUT2D eigenvalue weighted by Gasteiger charge is 2.36. The number of hydrogen-bond acceptors (Lipinski definition) is 3. The minimum absolute atomic E-state index is 0.0534. The molecule has 1 heterocycles. The summed E-state index contributed by atoms with van der Waals surface area (Å²) in [5.74, 6) is -0.949. The van der Waals surface area contributed by atoms with E-state index in [1.807, 2.05) is 26.0 Å². The van der Waals surface area contributed by atoms with E-state index in [1.165, 1.54) is 24.3 Å². The molecule has 0 unspecified atom stereocenters. The van der Waals surface area contributed by atoms with Gasteiger partial charge in [-0.3, -0.25) is 9.10 Å². The molecule has 5 nitrogen and oxygen atoms in total. The van der Waals surface area contributed by atoms with Crippen LogP contribution >= 0.6 is 0 Å². The lowest BCUT2D eigenvalue weighted by Gasteiger charge is -2.31.